The number of pyridine rings is 1. The summed E-state index contributed by atoms with van der Waals surface area (Å²) < 4.78 is 0. The lowest BCUT2D eigenvalue weighted by Crippen LogP contribution is -2.38. The van der Waals surface area contributed by atoms with Crippen LogP contribution in [-0.4, -0.2) is 16.9 Å². The van der Waals surface area contributed by atoms with Gasteiger partial charge in [-0.15, -0.1) is 0 Å². The second-order valence-corrected chi connectivity index (χ2v) is 4.96. The van der Waals surface area contributed by atoms with Crippen molar-refractivity contribution in [3.8, 4) is 0 Å². The molecule has 0 aliphatic carbocycles. The fourth-order valence-corrected chi connectivity index (χ4v) is 1.84. The molecule has 0 radical (unpaired) electrons. The lowest BCUT2D eigenvalue weighted by atomic mass is 10.1. The predicted octanol–water partition coefficient (Wildman–Crippen LogP) is 1.37. The molecular formula is C15H16N4O3. The van der Waals surface area contributed by atoms with E-state index in [-0.39, 0.29) is 23.3 Å². The zero-order chi connectivity index (χ0) is 16.3. The molecule has 0 fully saturated rings. The SMILES string of the molecule is C=CC(=O)Nc1cc(Nc2c(NC(C)C)c(=O)c2=O)ccn1. The minimum atomic E-state index is -0.573. The summed E-state index contributed by atoms with van der Waals surface area (Å²) >= 11 is 0. The molecule has 3 N–H and O–H groups in total. The van der Waals surface area contributed by atoms with Gasteiger partial charge in [-0.25, -0.2) is 4.98 Å². The zero-order valence-electron chi connectivity index (χ0n) is 12.3. The molecule has 0 bridgehead atoms. The van der Waals surface area contributed by atoms with Crippen molar-refractivity contribution in [3.63, 3.8) is 0 Å². The molecule has 0 aliphatic heterocycles. The summed E-state index contributed by atoms with van der Waals surface area (Å²) in [5.41, 5.74) is -0.0882. The normalized spacial score (nSPS) is 10.5. The average molecular weight is 300 g/mol. The van der Waals surface area contributed by atoms with E-state index in [0.717, 1.165) is 6.08 Å². The minimum Gasteiger partial charge on any atom is -0.378 e. The molecule has 7 heteroatoms. The number of carbonyl (C=O) groups excluding carboxylic acids is 1. The number of aromatic nitrogens is 1. The van der Waals surface area contributed by atoms with Gasteiger partial charge in [-0.1, -0.05) is 6.58 Å². The van der Waals surface area contributed by atoms with Crippen LogP contribution in [-0.2, 0) is 4.79 Å². The molecule has 2 aromatic rings. The van der Waals surface area contributed by atoms with Gasteiger partial charge < -0.3 is 16.0 Å². The summed E-state index contributed by atoms with van der Waals surface area (Å²) in [6, 6.07) is 3.21. The average Bonchev–Trinajstić information content (AvgIpc) is 2.50. The van der Waals surface area contributed by atoms with Crippen LogP contribution in [0.1, 0.15) is 13.8 Å². The summed E-state index contributed by atoms with van der Waals surface area (Å²) in [4.78, 5) is 38.4. The van der Waals surface area contributed by atoms with Crippen LogP contribution < -0.4 is 26.8 Å². The number of amides is 1. The number of nitrogens with one attached hydrogen (secondary N) is 3. The predicted molar refractivity (Wildman–Crippen MR) is 86.5 cm³/mol. The summed E-state index contributed by atoms with van der Waals surface area (Å²) in [7, 11) is 0. The van der Waals surface area contributed by atoms with Gasteiger partial charge in [-0.2, -0.15) is 0 Å². The lowest BCUT2D eigenvalue weighted by Gasteiger charge is -2.17. The third kappa shape index (κ3) is 3.20. The summed E-state index contributed by atoms with van der Waals surface area (Å²) in [5, 5.41) is 8.32. The van der Waals surface area contributed by atoms with Crippen LogP contribution in [0, 0.1) is 0 Å². The summed E-state index contributed by atoms with van der Waals surface area (Å²) in [6.45, 7) is 7.09. The standard InChI is InChI=1S/C15H16N4O3/c1-4-11(20)19-10-7-9(5-6-16-10)18-13-12(17-8(2)3)14(21)15(13)22/h4-8,17H,1H2,2-3H3,(H2,16,18,19,20). The van der Waals surface area contributed by atoms with Crippen molar-refractivity contribution in [2.45, 2.75) is 19.9 Å². The Hall–Kier alpha value is -2.96. The minimum absolute atomic E-state index is 0.0312. The van der Waals surface area contributed by atoms with E-state index < -0.39 is 10.9 Å². The van der Waals surface area contributed by atoms with Crippen molar-refractivity contribution in [1.29, 1.82) is 0 Å². The first-order valence-electron chi connectivity index (χ1n) is 6.68. The molecular weight excluding hydrogens is 284 g/mol. The topological polar surface area (TPSA) is 100 Å². The van der Waals surface area contributed by atoms with Gasteiger partial charge in [0.1, 0.15) is 17.2 Å². The van der Waals surface area contributed by atoms with E-state index in [0.29, 0.717) is 11.5 Å². The summed E-state index contributed by atoms with van der Waals surface area (Å²) in [5.74, 6) is -0.0760. The lowest BCUT2D eigenvalue weighted by molar-refractivity contribution is -0.111. The number of hydrogen-bond donors (Lipinski definition) is 3. The maximum absolute atomic E-state index is 11.7. The van der Waals surface area contributed by atoms with Crippen molar-refractivity contribution in [1.82, 2.24) is 4.98 Å². The van der Waals surface area contributed by atoms with Crippen LogP contribution in [0.15, 0.2) is 40.6 Å². The first-order chi connectivity index (χ1) is 10.4. The van der Waals surface area contributed by atoms with Gasteiger partial charge in [0.25, 0.3) is 10.9 Å². The highest BCUT2D eigenvalue weighted by molar-refractivity contribution is 5.98. The Morgan fingerprint density at radius 1 is 1.27 bits per heavy atom. The van der Waals surface area contributed by atoms with Crippen LogP contribution in [0.4, 0.5) is 22.9 Å². The molecule has 1 amide bonds. The van der Waals surface area contributed by atoms with Gasteiger partial charge in [-0.05, 0) is 26.0 Å². The number of rotatable bonds is 6. The van der Waals surface area contributed by atoms with E-state index >= 15 is 0 Å². The molecule has 2 rings (SSSR count). The second-order valence-electron chi connectivity index (χ2n) is 4.96. The Kier molecular flexibility index (Phi) is 4.36. The van der Waals surface area contributed by atoms with Gasteiger partial charge in [0.2, 0.25) is 5.91 Å². The largest absolute Gasteiger partial charge is 0.378 e. The third-order valence-corrected chi connectivity index (χ3v) is 2.81. The molecule has 0 aliphatic rings. The van der Waals surface area contributed by atoms with Crippen molar-refractivity contribution in [2.24, 2.45) is 0 Å². The van der Waals surface area contributed by atoms with Crippen LogP contribution in [0.5, 0.6) is 0 Å². The summed E-state index contributed by atoms with van der Waals surface area (Å²) in [6.07, 6.45) is 2.60. The fourth-order valence-electron chi connectivity index (χ4n) is 1.84. The first kappa shape index (κ1) is 15.4. The van der Waals surface area contributed by atoms with Gasteiger partial charge in [0.15, 0.2) is 0 Å². The molecule has 7 nitrogen and oxygen atoms in total. The molecule has 0 saturated heterocycles. The molecule has 0 saturated carbocycles. The van der Waals surface area contributed by atoms with Crippen LogP contribution in [0.2, 0.25) is 0 Å². The third-order valence-electron chi connectivity index (χ3n) is 2.81. The van der Waals surface area contributed by atoms with E-state index in [2.05, 4.69) is 27.5 Å². The highest BCUT2D eigenvalue weighted by Crippen LogP contribution is 2.22. The van der Waals surface area contributed by atoms with Crippen molar-refractivity contribution < 1.29 is 4.79 Å². The van der Waals surface area contributed by atoms with Crippen molar-refractivity contribution >= 4 is 28.8 Å². The van der Waals surface area contributed by atoms with Gasteiger partial charge in [0.05, 0.1) is 0 Å². The van der Waals surface area contributed by atoms with Crippen LogP contribution in [0.25, 0.3) is 0 Å². The van der Waals surface area contributed by atoms with Crippen LogP contribution in [0.3, 0.4) is 0 Å². The van der Waals surface area contributed by atoms with E-state index in [1.807, 2.05) is 13.8 Å². The smallest absolute Gasteiger partial charge is 0.253 e. The molecule has 0 spiro atoms. The van der Waals surface area contributed by atoms with E-state index in [1.165, 1.54) is 6.20 Å². The Balaban J connectivity index is 2.21. The number of nitrogens with zero attached hydrogens (tertiary/aromatic N) is 1. The zero-order valence-corrected chi connectivity index (χ0v) is 12.3. The number of hydrogen-bond acceptors (Lipinski definition) is 6. The van der Waals surface area contributed by atoms with E-state index in [9.17, 15) is 14.4 Å². The fraction of sp³-hybridized carbons (Fsp3) is 0.200. The Labute approximate surface area is 126 Å². The Morgan fingerprint density at radius 3 is 2.59 bits per heavy atom. The maximum Gasteiger partial charge on any atom is 0.253 e. The Bertz CT molecular complexity index is 788. The van der Waals surface area contributed by atoms with E-state index in [4.69, 9.17) is 0 Å². The molecule has 1 heterocycles. The van der Waals surface area contributed by atoms with Gasteiger partial charge in [-0.3, -0.25) is 14.4 Å². The highest BCUT2D eigenvalue weighted by atomic mass is 16.2. The maximum atomic E-state index is 11.7. The molecule has 1 aromatic carbocycles. The monoisotopic (exact) mass is 300 g/mol. The van der Waals surface area contributed by atoms with Crippen molar-refractivity contribution in [3.05, 3.63) is 51.4 Å². The van der Waals surface area contributed by atoms with Gasteiger partial charge in [0, 0.05) is 24.0 Å². The van der Waals surface area contributed by atoms with Gasteiger partial charge >= 0.3 is 0 Å². The molecule has 0 atom stereocenters. The quantitative estimate of drug-likeness (QED) is 0.550. The Morgan fingerprint density at radius 2 is 1.95 bits per heavy atom. The number of carbonyl (C=O) groups is 1. The number of anilines is 4. The highest BCUT2D eigenvalue weighted by Gasteiger charge is 2.21. The molecule has 1 aromatic heterocycles. The first-order valence-corrected chi connectivity index (χ1v) is 6.68. The second kappa shape index (κ2) is 6.21. The molecule has 114 valence electrons. The van der Waals surface area contributed by atoms with E-state index in [1.54, 1.807) is 12.1 Å². The van der Waals surface area contributed by atoms with Crippen molar-refractivity contribution in [2.75, 3.05) is 16.0 Å². The molecule has 22 heavy (non-hydrogen) atoms. The van der Waals surface area contributed by atoms with Crippen LogP contribution >= 0.6 is 0 Å². The molecule has 0 unspecified atom stereocenters.